The minimum atomic E-state index is -0.297. The summed E-state index contributed by atoms with van der Waals surface area (Å²) in [5.74, 6) is 2.35. The van der Waals surface area contributed by atoms with Crippen LogP contribution in [0.4, 0.5) is 0 Å². The largest absolute Gasteiger partial charge is 0.486 e. The third-order valence-electron chi connectivity index (χ3n) is 5.00. The molecule has 0 saturated heterocycles. The molecule has 30 heavy (non-hydrogen) atoms. The molecular weight excluding hydrogens is 422 g/mol. The number of hydrogen-bond donors (Lipinski definition) is 2. The first kappa shape index (κ1) is 20.7. The summed E-state index contributed by atoms with van der Waals surface area (Å²) in [6.07, 6.45) is -0.230. The maximum Gasteiger partial charge on any atom is 0.259 e. The molecule has 4 rings (SSSR count). The second-order valence-corrected chi connectivity index (χ2v) is 9.70. The van der Waals surface area contributed by atoms with Crippen molar-refractivity contribution in [2.75, 3.05) is 13.2 Å². The van der Waals surface area contributed by atoms with Gasteiger partial charge in [-0.25, -0.2) is 4.98 Å². The highest BCUT2D eigenvalue weighted by molar-refractivity contribution is 7.99. The smallest absolute Gasteiger partial charge is 0.259 e. The molecule has 1 aliphatic heterocycles. The van der Waals surface area contributed by atoms with E-state index < -0.39 is 0 Å². The minimum Gasteiger partial charge on any atom is -0.486 e. The summed E-state index contributed by atoms with van der Waals surface area (Å²) < 4.78 is 11.5. The zero-order valence-electron chi connectivity index (χ0n) is 17.0. The standard InChI is InChI=1S/C21H23N3O4S2/c1-11-12(2)30-21-18(11)20(26)23-17(24-21)10-29-13(3)19(25)22-8-14-9-27-15-6-4-5-7-16(15)28-14/h4-7,13-14H,8-10H2,1-3H3,(H,22,25)(H,23,24,26)/t13-,14+/m1/s1. The van der Waals surface area contributed by atoms with Gasteiger partial charge in [0.2, 0.25) is 5.91 Å². The van der Waals surface area contributed by atoms with Crippen LogP contribution in [0.15, 0.2) is 29.1 Å². The number of carbonyl (C=O) groups is 1. The van der Waals surface area contributed by atoms with Gasteiger partial charge in [-0.1, -0.05) is 12.1 Å². The molecule has 0 saturated carbocycles. The molecule has 2 N–H and O–H groups in total. The number of amides is 1. The van der Waals surface area contributed by atoms with Crippen LogP contribution in [0.3, 0.4) is 0 Å². The molecule has 158 valence electrons. The van der Waals surface area contributed by atoms with E-state index in [1.165, 1.54) is 23.1 Å². The van der Waals surface area contributed by atoms with E-state index in [1.54, 1.807) is 0 Å². The van der Waals surface area contributed by atoms with Crippen molar-refractivity contribution in [2.45, 2.75) is 37.9 Å². The molecule has 1 aromatic carbocycles. The molecule has 0 bridgehead atoms. The predicted molar refractivity (Wildman–Crippen MR) is 120 cm³/mol. The van der Waals surface area contributed by atoms with Crippen LogP contribution < -0.4 is 20.3 Å². The summed E-state index contributed by atoms with van der Waals surface area (Å²) in [4.78, 5) is 34.1. The Morgan fingerprint density at radius 2 is 2.13 bits per heavy atom. The summed E-state index contributed by atoms with van der Waals surface area (Å²) in [5, 5.41) is 3.28. The van der Waals surface area contributed by atoms with E-state index in [-0.39, 0.29) is 22.8 Å². The van der Waals surface area contributed by atoms with Crippen molar-refractivity contribution in [1.29, 1.82) is 0 Å². The van der Waals surface area contributed by atoms with Crippen LogP contribution >= 0.6 is 23.1 Å². The number of aryl methyl sites for hydroxylation is 2. The average molecular weight is 446 g/mol. The summed E-state index contributed by atoms with van der Waals surface area (Å²) >= 11 is 2.95. The number of hydrogen-bond acceptors (Lipinski definition) is 7. The normalized spacial score (nSPS) is 16.4. The van der Waals surface area contributed by atoms with E-state index in [0.717, 1.165) is 21.0 Å². The van der Waals surface area contributed by atoms with E-state index >= 15 is 0 Å². The lowest BCUT2D eigenvalue weighted by atomic mass is 10.2. The molecule has 9 heteroatoms. The molecule has 0 fully saturated rings. The number of thiophene rings is 1. The number of H-pyrrole nitrogens is 1. The van der Waals surface area contributed by atoms with Crippen LogP contribution in [-0.4, -0.2) is 40.4 Å². The fraction of sp³-hybridized carbons (Fsp3) is 0.381. The quantitative estimate of drug-likeness (QED) is 0.605. The molecule has 3 aromatic rings. The molecule has 7 nitrogen and oxygen atoms in total. The lowest BCUT2D eigenvalue weighted by molar-refractivity contribution is -0.120. The topological polar surface area (TPSA) is 93.3 Å². The number of carbonyl (C=O) groups excluding carboxylic acids is 1. The zero-order valence-corrected chi connectivity index (χ0v) is 18.6. The molecule has 0 aliphatic carbocycles. The van der Waals surface area contributed by atoms with E-state index in [0.29, 0.717) is 35.9 Å². The van der Waals surface area contributed by atoms with Crippen LogP contribution in [0.2, 0.25) is 0 Å². The van der Waals surface area contributed by atoms with Gasteiger partial charge in [0.05, 0.1) is 22.9 Å². The Bertz CT molecular complexity index is 1140. The zero-order chi connectivity index (χ0) is 21.3. The molecule has 3 heterocycles. The number of para-hydroxylation sites is 2. The van der Waals surface area contributed by atoms with Gasteiger partial charge in [0.25, 0.3) is 5.56 Å². The first-order valence-electron chi connectivity index (χ1n) is 9.69. The third kappa shape index (κ3) is 4.32. The fourth-order valence-electron chi connectivity index (χ4n) is 3.17. The molecule has 1 amide bonds. The maximum absolute atomic E-state index is 12.5. The Morgan fingerprint density at radius 3 is 2.93 bits per heavy atom. The Kier molecular flexibility index (Phi) is 6.01. The number of nitrogens with zero attached hydrogens (tertiary/aromatic N) is 1. The molecule has 0 spiro atoms. The Balaban J connectivity index is 1.30. The highest BCUT2D eigenvalue weighted by Crippen LogP contribution is 2.30. The van der Waals surface area contributed by atoms with Gasteiger partial charge in [0.1, 0.15) is 23.4 Å². The molecular formula is C21H23N3O4S2. The van der Waals surface area contributed by atoms with Crippen molar-refractivity contribution in [3.05, 3.63) is 50.9 Å². The van der Waals surface area contributed by atoms with Crippen molar-refractivity contribution in [1.82, 2.24) is 15.3 Å². The Hall–Kier alpha value is -2.52. The summed E-state index contributed by atoms with van der Waals surface area (Å²) in [5.41, 5.74) is 0.858. The SMILES string of the molecule is Cc1sc2nc(CS[C@H](C)C(=O)NC[C@H]3COc4ccccc4O3)[nH]c(=O)c2c1C. The summed E-state index contributed by atoms with van der Waals surface area (Å²) in [7, 11) is 0. The van der Waals surface area contributed by atoms with Gasteiger partial charge in [-0.15, -0.1) is 23.1 Å². The third-order valence-corrected chi connectivity index (χ3v) is 7.25. The van der Waals surface area contributed by atoms with Gasteiger partial charge >= 0.3 is 0 Å². The maximum atomic E-state index is 12.5. The summed E-state index contributed by atoms with van der Waals surface area (Å²) in [6.45, 7) is 6.52. The number of thioether (sulfide) groups is 1. The number of aromatic nitrogens is 2. The second kappa shape index (κ2) is 8.69. The van der Waals surface area contributed by atoms with Crippen molar-refractivity contribution in [2.24, 2.45) is 0 Å². The molecule has 2 atom stereocenters. The van der Waals surface area contributed by atoms with Crippen LogP contribution in [0.5, 0.6) is 11.5 Å². The van der Waals surface area contributed by atoms with Gasteiger partial charge in [0.15, 0.2) is 11.5 Å². The van der Waals surface area contributed by atoms with Crippen molar-refractivity contribution in [3.63, 3.8) is 0 Å². The van der Waals surface area contributed by atoms with Gasteiger partial charge < -0.3 is 19.8 Å². The first-order chi connectivity index (χ1) is 14.4. The minimum absolute atomic E-state index is 0.0892. The van der Waals surface area contributed by atoms with Gasteiger partial charge in [-0.2, -0.15) is 0 Å². The lowest BCUT2D eigenvalue weighted by Crippen LogP contribution is -2.42. The van der Waals surface area contributed by atoms with E-state index in [4.69, 9.17) is 9.47 Å². The van der Waals surface area contributed by atoms with Crippen molar-refractivity contribution < 1.29 is 14.3 Å². The molecule has 1 aliphatic rings. The molecule has 0 radical (unpaired) electrons. The van der Waals surface area contributed by atoms with Crippen LogP contribution in [-0.2, 0) is 10.5 Å². The number of nitrogens with one attached hydrogen (secondary N) is 2. The van der Waals surface area contributed by atoms with Gasteiger partial charge in [-0.3, -0.25) is 9.59 Å². The van der Waals surface area contributed by atoms with Gasteiger partial charge in [-0.05, 0) is 38.5 Å². The average Bonchev–Trinajstić information content (AvgIpc) is 3.03. The van der Waals surface area contributed by atoms with Crippen LogP contribution in [0.25, 0.3) is 10.2 Å². The van der Waals surface area contributed by atoms with Crippen LogP contribution in [0.1, 0.15) is 23.2 Å². The van der Waals surface area contributed by atoms with Gasteiger partial charge in [0, 0.05) is 4.88 Å². The van der Waals surface area contributed by atoms with Crippen molar-refractivity contribution >= 4 is 39.2 Å². The predicted octanol–water partition coefficient (Wildman–Crippen LogP) is 3.18. The number of rotatable bonds is 6. The van der Waals surface area contributed by atoms with E-state index in [1.807, 2.05) is 45.0 Å². The second-order valence-electron chi connectivity index (χ2n) is 7.17. The number of aromatic amines is 1. The number of ether oxygens (including phenoxy) is 2. The molecule has 2 aromatic heterocycles. The van der Waals surface area contributed by atoms with E-state index in [9.17, 15) is 9.59 Å². The number of benzene rings is 1. The van der Waals surface area contributed by atoms with Crippen LogP contribution in [0, 0.1) is 13.8 Å². The first-order valence-corrected chi connectivity index (χ1v) is 11.6. The number of fused-ring (bicyclic) bond motifs is 2. The Morgan fingerprint density at radius 1 is 1.37 bits per heavy atom. The Labute approximate surface area is 182 Å². The lowest BCUT2D eigenvalue weighted by Gasteiger charge is -2.26. The highest BCUT2D eigenvalue weighted by Gasteiger charge is 2.22. The highest BCUT2D eigenvalue weighted by atomic mass is 32.2. The van der Waals surface area contributed by atoms with E-state index in [2.05, 4.69) is 15.3 Å². The van der Waals surface area contributed by atoms with Crippen molar-refractivity contribution in [3.8, 4) is 11.5 Å². The monoisotopic (exact) mass is 445 g/mol. The fourth-order valence-corrected chi connectivity index (χ4v) is 5.00. The molecule has 0 unspecified atom stereocenters. The summed E-state index contributed by atoms with van der Waals surface area (Å²) in [6, 6.07) is 7.49.